The average Bonchev–Trinajstić information content (AvgIpc) is 2.33. The van der Waals surface area contributed by atoms with Crippen molar-refractivity contribution in [1.82, 2.24) is 0 Å². The largest absolute Gasteiger partial charge is 0.388 e. The summed E-state index contributed by atoms with van der Waals surface area (Å²) in [4.78, 5) is 0. The minimum Gasteiger partial charge on any atom is -0.388 e. The molecule has 1 aromatic rings. The fourth-order valence-electron chi connectivity index (χ4n) is 1.48. The first-order valence-electron chi connectivity index (χ1n) is 3.80. The van der Waals surface area contributed by atoms with E-state index in [1.54, 1.807) is 0 Å². The molecule has 0 aliphatic carbocycles. The molecule has 0 aromatic heterocycles. The lowest BCUT2D eigenvalue weighted by atomic mass is 10.3. The molecule has 1 heterocycles. The van der Waals surface area contributed by atoms with Crippen LogP contribution in [0.2, 0.25) is 11.6 Å². The van der Waals surface area contributed by atoms with E-state index in [0.717, 1.165) is 5.02 Å². The van der Waals surface area contributed by atoms with Crippen LogP contribution in [-0.4, -0.2) is 15.0 Å². The van der Waals surface area contributed by atoms with Crippen molar-refractivity contribution < 1.29 is 0 Å². The Bertz CT molecular complexity index is 287. The van der Waals surface area contributed by atoms with Crippen LogP contribution in [-0.2, 0) is 0 Å². The molecule has 0 saturated heterocycles. The normalized spacial score (nSPS) is 21.1. The predicted molar refractivity (Wildman–Crippen MR) is 52.6 cm³/mol. The first-order chi connectivity index (χ1) is 5.27. The van der Waals surface area contributed by atoms with Crippen LogP contribution in [0.1, 0.15) is 0 Å². The summed E-state index contributed by atoms with van der Waals surface area (Å²) in [5, 5.41) is 5.73. The number of hydrogen-bond donors (Lipinski definition) is 1. The highest BCUT2D eigenvalue weighted by Crippen LogP contribution is 2.16. The van der Waals surface area contributed by atoms with Crippen molar-refractivity contribution >= 4 is 31.3 Å². The third-order valence-electron chi connectivity index (χ3n) is 2.14. The summed E-state index contributed by atoms with van der Waals surface area (Å²) in [5.74, 6) is 0. The van der Waals surface area contributed by atoms with Gasteiger partial charge in [-0.2, -0.15) is 0 Å². The zero-order valence-electron chi connectivity index (χ0n) is 6.39. The summed E-state index contributed by atoms with van der Waals surface area (Å²) in [6.07, 6.45) is 1.18. The predicted octanol–water partition coefficient (Wildman–Crippen LogP) is 1.37. The third-order valence-corrected chi connectivity index (χ3v) is 4.73. The summed E-state index contributed by atoms with van der Waals surface area (Å²) in [5.41, 5.74) is 1.30. The van der Waals surface area contributed by atoms with Gasteiger partial charge in [-0.05, 0) is 23.4 Å². The van der Waals surface area contributed by atoms with Crippen LogP contribution in [0.15, 0.2) is 18.2 Å². The molecule has 3 heteroatoms. The van der Waals surface area contributed by atoms with Crippen molar-refractivity contribution in [1.29, 1.82) is 0 Å². The fraction of sp³-hybridized carbons (Fsp3) is 0.250. The molecule has 0 radical (unpaired) electrons. The van der Waals surface area contributed by atoms with E-state index in [1.165, 1.54) is 17.0 Å². The fourth-order valence-corrected chi connectivity index (χ4v) is 3.70. The van der Waals surface area contributed by atoms with Crippen LogP contribution < -0.4 is 10.5 Å². The lowest BCUT2D eigenvalue weighted by Gasteiger charge is -2.00. The van der Waals surface area contributed by atoms with E-state index in [0.29, 0.717) is 0 Å². The summed E-state index contributed by atoms with van der Waals surface area (Å²) in [7, 11) is -0.671. The van der Waals surface area contributed by atoms with Gasteiger partial charge in [-0.15, -0.1) is 0 Å². The average molecular weight is 184 g/mol. The Morgan fingerprint density at radius 2 is 2.36 bits per heavy atom. The lowest BCUT2D eigenvalue weighted by Crippen LogP contribution is -2.24. The van der Waals surface area contributed by atoms with E-state index >= 15 is 0 Å². The molecule has 0 bridgehead atoms. The molecule has 0 fully saturated rings. The highest BCUT2D eigenvalue weighted by Gasteiger charge is 2.18. The molecule has 1 atom stereocenters. The minimum atomic E-state index is -0.671. The van der Waals surface area contributed by atoms with Gasteiger partial charge in [0, 0.05) is 16.9 Å². The SMILES string of the molecule is C[SiH]1CNc2ccc(Cl)cc21. The molecule has 1 N–H and O–H groups in total. The molecule has 0 spiro atoms. The van der Waals surface area contributed by atoms with Gasteiger partial charge in [-0.25, -0.2) is 0 Å². The van der Waals surface area contributed by atoms with Gasteiger partial charge in [0.05, 0.1) is 8.80 Å². The smallest absolute Gasteiger partial charge is 0.0916 e. The number of nitrogens with one attached hydrogen (secondary N) is 1. The Morgan fingerprint density at radius 1 is 1.55 bits per heavy atom. The van der Waals surface area contributed by atoms with Crippen LogP contribution in [0.4, 0.5) is 5.69 Å². The van der Waals surface area contributed by atoms with Gasteiger partial charge < -0.3 is 5.32 Å². The van der Waals surface area contributed by atoms with E-state index in [1.807, 2.05) is 6.07 Å². The van der Waals surface area contributed by atoms with Crippen molar-refractivity contribution in [3.05, 3.63) is 23.2 Å². The van der Waals surface area contributed by atoms with Crippen LogP contribution in [0.5, 0.6) is 0 Å². The number of fused-ring (bicyclic) bond motifs is 1. The van der Waals surface area contributed by atoms with Gasteiger partial charge in [-0.3, -0.25) is 0 Å². The molecule has 0 saturated carbocycles. The molecule has 11 heavy (non-hydrogen) atoms. The first kappa shape index (κ1) is 7.19. The molecular weight excluding hydrogens is 174 g/mol. The summed E-state index contributed by atoms with van der Waals surface area (Å²) in [6.45, 7) is 2.34. The quantitative estimate of drug-likeness (QED) is 0.600. The number of benzene rings is 1. The Morgan fingerprint density at radius 3 is 3.18 bits per heavy atom. The van der Waals surface area contributed by atoms with Gasteiger partial charge in [0.15, 0.2) is 0 Å². The van der Waals surface area contributed by atoms with Gasteiger partial charge in [0.1, 0.15) is 0 Å². The lowest BCUT2D eigenvalue weighted by molar-refractivity contribution is 1.49. The zero-order chi connectivity index (χ0) is 7.84. The molecule has 1 aromatic carbocycles. The van der Waals surface area contributed by atoms with E-state index in [4.69, 9.17) is 11.6 Å². The van der Waals surface area contributed by atoms with Crippen molar-refractivity contribution in [3.8, 4) is 0 Å². The van der Waals surface area contributed by atoms with E-state index in [9.17, 15) is 0 Å². The molecule has 2 rings (SSSR count). The standard InChI is InChI=1S/C8H10ClNSi/c1-11-5-10-7-3-2-6(9)4-8(7)11/h2-4,10-11H,5H2,1H3. The number of anilines is 1. The number of rotatable bonds is 0. The molecular formula is C8H10ClNSi. The van der Waals surface area contributed by atoms with Crippen LogP contribution in [0.25, 0.3) is 0 Å². The molecule has 1 aliphatic heterocycles. The molecule has 58 valence electrons. The van der Waals surface area contributed by atoms with Crippen molar-refractivity contribution in [3.63, 3.8) is 0 Å². The number of hydrogen-bond acceptors (Lipinski definition) is 1. The second-order valence-corrected chi connectivity index (χ2v) is 6.28. The number of halogens is 1. The van der Waals surface area contributed by atoms with Crippen molar-refractivity contribution in [2.75, 3.05) is 11.5 Å². The third kappa shape index (κ3) is 1.16. The molecule has 0 amide bonds. The second-order valence-electron chi connectivity index (χ2n) is 3.01. The van der Waals surface area contributed by atoms with Crippen molar-refractivity contribution in [2.24, 2.45) is 0 Å². The first-order valence-corrected chi connectivity index (χ1v) is 6.73. The monoisotopic (exact) mass is 183 g/mol. The highest BCUT2D eigenvalue weighted by molar-refractivity contribution is 6.76. The maximum Gasteiger partial charge on any atom is 0.0916 e. The minimum absolute atomic E-state index is 0.671. The van der Waals surface area contributed by atoms with E-state index in [-0.39, 0.29) is 0 Å². The van der Waals surface area contributed by atoms with Crippen molar-refractivity contribution in [2.45, 2.75) is 6.55 Å². The molecule has 1 nitrogen and oxygen atoms in total. The van der Waals surface area contributed by atoms with Gasteiger partial charge >= 0.3 is 0 Å². The zero-order valence-corrected chi connectivity index (χ0v) is 8.31. The maximum absolute atomic E-state index is 5.88. The topological polar surface area (TPSA) is 12.0 Å². The molecule has 1 aliphatic rings. The Hall–Kier alpha value is -0.473. The Labute approximate surface area is 73.0 Å². The van der Waals surface area contributed by atoms with Crippen LogP contribution in [0, 0.1) is 0 Å². The second kappa shape index (κ2) is 2.54. The molecule has 1 unspecified atom stereocenters. The van der Waals surface area contributed by atoms with Crippen LogP contribution in [0.3, 0.4) is 0 Å². The highest BCUT2D eigenvalue weighted by atomic mass is 35.5. The maximum atomic E-state index is 5.88. The summed E-state index contributed by atoms with van der Waals surface area (Å²) in [6, 6.07) is 6.13. The summed E-state index contributed by atoms with van der Waals surface area (Å²) >= 11 is 5.88. The van der Waals surface area contributed by atoms with E-state index in [2.05, 4.69) is 24.0 Å². The Balaban J connectivity index is 2.52. The van der Waals surface area contributed by atoms with Gasteiger partial charge in [0.2, 0.25) is 0 Å². The van der Waals surface area contributed by atoms with E-state index < -0.39 is 8.80 Å². The van der Waals surface area contributed by atoms with Gasteiger partial charge in [0.25, 0.3) is 0 Å². The van der Waals surface area contributed by atoms with Gasteiger partial charge in [-0.1, -0.05) is 18.1 Å². The Kier molecular flexibility index (Phi) is 1.66. The summed E-state index contributed by atoms with van der Waals surface area (Å²) < 4.78 is 0. The van der Waals surface area contributed by atoms with Crippen LogP contribution >= 0.6 is 11.6 Å².